The Labute approximate surface area is 107 Å². The van der Waals surface area contributed by atoms with Crippen molar-refractivity contribution in [1.82, 2.24) is 5.32 Å². The van der Waals surface area contributed by atoms with Gasteiger partial charge in [0.1, 0.15) is 5.41 Å². The van der Waals surface area contributed by atoms with Gasteiger partial charge in [-0.2, -0.15) is 11.8 Å². The number of amides is 1. The highest BCUT2D eigenvalue weighted by atomic mass is 32.2. The van der Waals surface area contributed by atoms with Crippen LogP contribution in [0, 0.1) is 5.41 Å². The van der Waals surface area contributed by atoms with Crippen LogP contribution in [-0.4, -0.2) is 34.5 Å². The number of amidine groups is 1. The molecule has 0 heterocycles. The molecule has 6 heteroatoms. The SMILES string of the molecule is CCC(C)(C(=O)NCC(C)(C)SC)C(N)=NO. The van der Waals surface area contributed by atoms with E-state index in [0.717, 1.165) is 0 Å². The van der Waals surface area contributed by atoms with Gasteiger partial charge in [0.15, 0.2) is 5.84 Å². The van der Waals surface area contributed by atoms with Crippen LogP contribution in [0.15, 0.2) is 5.16 Å². The summed E-state index contributed by atoms with van der Waals surface area (Å²) in [5.41, 5.74) is 4.61. The van der Waals surface area contributed by atoms with Crippen molar-refractivity contribution in [3.05, 3.63) is 0 Å². The fourth-order valence-electron chi connectivity index (χ4n) is 1.13. The summed E-state index contributed by atoms with van der Waals surface area (Å²) >= 11 is 1.68. The molecule has 0 aliphatic rings. The minimum Gasteiger partial charge on any atom is -0.409 e. The maximum atomic E-state index is 12.1. The summed E-state index contributed by atoms with van der Waals surface area (Å²) in [5.74, 6) is -0.267. The Hall–Kier alpha value is -0.910. The van der Waals surface area contributed by atoms with E-state index in [2.05, 4.69) is 10.5 Å². The van der Waals surface area contributed by atoms with Gasteiger partial charge in [-0.05, 0) is 33.4 Å². The van der Waals surface area contributed by atoms with E-state index in [9.17, 15) is 4.79 Å². The maximum absolute atomic E-state index is 12.1. The summed E-state index contributed by atoms with van der Waals surface area (Å²) < 4.78 is -0.0323. The molecule has 1 unspecified atom stereocenters. The molecule has 0 radical (unpaired) electrons. The Morgan fingerprint density at radius 1 is 1.47 bits per heavy atom. The lowest BCUT2D eigenvalue weighted by Gasteiger charge is -2.28. The molecule has 1 atom stereocenters. The van der Waals surface area contributed by atoms with Gasteiger partial charge < -0.3 is 16.3 Å². The predicted octanol–water partition coefficient (Wildman–Crippen LogP) is 1.41. The third kappa shape index (κ3) is 4.11. The van der Waals surface area contributed by atoms with Crippen LogP contribution < -0.4 is 11.1 Å². The van der Waals surface area contributed by atoms with Gasteiger partial charge in [-0.25, -0.2) is 0 Å². The van der Waals surface area contributed by atoms with E-state index in [4.69, 9.17) is 10.9 Å². The number of hydrogen-bond donors (Lipinski definition) is 3. The molecule has 17 heavy (non-hydrogen) atoms. The van der Waals surface area contributed by atoms with Crippen LogP contribution in [0.1, 0.15) is 34.1 Å². The number of hydrogen-bond acceptors (Lipinski definition) is 4. The molecule has 1 amide bonds. The van der Waals surface area contributed by atoms with Crippen LogP contribution in [0.5, 0.6) is 0 Å². The third-order valence-electron chi connectivity index (χ3n) is 3.11. The summed E-state index contributed by atoms with van der Waals surface area (Å²) in [6.07, 6.45) is 2.48. The van der Waals surface area contributed by atoms with Crippen molar-refractivity contribution < 1.29 is 10.0 Å². The lowest BCUT2D eigenvalue weighted by atomic mass is 9.85. The average Bonchev–Trinajstić information content (AvgIpc) is 2.33. The first-order chi connectivity index (χ1) is 7.73. The van der Waals surface area contributed by atoms with Crippen molar-refractivity contribution in [3.63, 3.8) is 0 Å². The Morgan fingerprint density at radius 2 is 2.00 bits per heavy atom. The highest BCUT2D eigenvalue weighted by molar-refractivity contribution is 7.99. The monoisotopic (exact) mass is 261 g/mol. The van der Waals surface area contributed by atoms with Gasteiger partial charge in [-0.15, -0.1) is 0 Å². The second kappa shape index (κ2) is 6.14. The van der Waals surface area contributed by atoms with Gasteiger partial charge in [0.2, 0.25) is 5.91 Å². The van der Waals surface area contributed by atoms with Crippen molar-refractivity contribution in [3.8, 4) is 0 Å². The summed E-state index contributed by atoms with van der Waals surface area (Å²) in [6.45, 7) is 8.14. The Bertz CT molecular complexity index is 305. The van der Waals surface area contributed by atoms with Gasteiger partial charge >= 0.3 is 0 Å². The molecule has 0 fully saturated rings. The van der Waals surface area contributed by atoms with Crippen LogP contribution in [0.4, 0.5) is 0 Å². The molecule has 0 aromatic rings. The number of thioether (sulfide) groups is 1. The Balaban J connectivity index is 4.69. The molecule has 0 saturated carbocycles. The van der Waals surface area contributed by atoms with Crippen molar-refractivity contribution in [1.29, 1.82) is 0 Å². The molecule has 0 aromatic heterocycles. The zero-order chi connectivity index (χ0) is 13.7. The second-order valence-corrected chi connectivity index (χ2v) is 6.33. The number of carbonyl (C=O) groups is 1. The number of nitrogens with two attached hydrogens (primary N) is 1. The number of rotatable bonds is 6. The van der Waals surface area contributed by atoms with Gasteiger partial charge in [0.25, 0.3) is 0 Å². The Morgan fingerprint density at radius 3 is 2.35 bits per heavy atom. The normalized spacial score (nSPS) is 16.4. The minimum atomic E-state index is -0.955. The van der Waals surface area contributed by atoms with Crippen molar-refractivity contribution in [2.45, 2.75) is 38.9 Å². The molecular weight excluding hydrogens is 238 g/mol. The van der Waals surface area contributed by atoms with E-state index in [1.165, 1.54) is 0 Å². The molecule has 5 nitrogen and oxygen atoms in total. The number of nitrogens with one attached hydrogen (secondary N) is 1. The van der Waals surface area contributed by atoms with Gasteiger partial charge in [-0.3, -0.25) is 4.79 Å². The highest BCUT2D eigenvalue weighted by Gasteiger charge is 2.36. The first kappa shape index (κ1) is 16.1. The third-order valence-corrected chi connectivity index (χ3v) is 4.36. The number of carbonyl (C=O) groups excluding carboxylic acids is 1. The van der Waals surface area contributed by atoms with Gasteiger partial charge in [0.05, 0.1) is 0 Å². The Kier molecular flexibility index (Phi) is 5.81. The van der Waals surface area contributed by atoms with Crippen molar-refractivity contribution in [2.24, 2.45) is 16.3 Å². The van der Waals surface area contributed by atoms with Crippen molar-refractivity contribution >= 4 is 23.5 Å². The largest absolute Gasteiger partial charge is 0.409 e. The topological polar surface area (TPSA) is 87.7 Å². The van der Waals surface area contributed by atoms with E-state index < -0.39 is 5.41 Å². The first-order valence-corrected chi connectivity index (χ1v) is 6.77. The lowest BCUT2D eigenvalue weighted by molar-refractivity contribution is -0.127. The van der Waals surface area contributed by atoms with E-state index >= 15 is 0 Å². The molecular formula is C11H23N3O2S. The molecule has 4 N–H and O–H groups in total. The van der Waals surface area contributed by atoms with Crippen LogP contribution in [0.3, 0.4) is 0 Å². The van der Waals surface area contributed by atoms with Crippen LogP contribution in [0.25, 0.3) is 0 Å². The summed E-state index contributed by atoms with van der Waals surface area (Å²) in [6, 6.07) is 0. The van der Waals surface area contributed by atoms with E-state index in [0.29, 0.717) is 13.0 Å². The van der Waals surface area contributed by atoms with Crippen LogP contribution in [-0.2, 0) is 4.79 Å². The molecule has 0 aromatic carbocycles. The smallest absolute Gasteiger partial charge is 0.233 e. The van der Waals surface area contributed by atoms with Crippen LogP contribution >= 0.6 is 11.8 Å². The summed E-state index contributed by atoms with van der Waals surface area (Å²) in [5, 5.41) is 14.5. The molecule has 0 aliphatic heterocycles. The molecule has 100 valence electrons. The zero-order valence-corrected chi connectivity index (χ0v) is 12.0. The van der Waals surface area contributed by atoms with E-state index in [1.54, 1.807) is 18.7 Å². The minimum absolute atomic E-state index is 0.0323. The van der Waals surface area contributed by atoms with Crippen molar-refractivity contribution in [2.75, 3.05) is 12.8 Å². The molecule has 0 rings (SSSR count). The molecule has 0 aliphatic carbocycles. The standard InChI is InChI=1S/C11H23N3O2S/c1-6-11(4,8(12)14-16)9(15)13-7-10(2,3)17-5/h16H,6-7H2,1-5H3,(H2,12,14)(H,13,15). The van der Waals surface area contributed by atoms with E-state index in [1.807, 2.05) is 27.0 Å². The first-order valence-electron chi connectivity index (χ1n) is 5.55. The summed E-state index contributed by atoms with van der Waals surface area (Å²) in [7, 11) is 0. The molecule has 0 bridgehead atoms. The second-order valence-electron chi connectivity index (χ2n) is 4.82. The number of oxime groups is 1. The zero-order valence-electron chi connectivity index (χ0n) is 11.2. The fraction of sp³-hybridized carbons (Fsp3) is 0.818. The number of nitrogens with zero attached hydrogens (tertiary/aromatic N) is 1. The highest BCUT2D eigenvalue weighted by Crippen LogP contribution is 2.23. The summed E-state index contributed by atoms with van der Waals surface area (Å²) in [4.78, 5) is 12.1. The fourth-order valence-corrected chi connectivity index (χ4v) is 1.35. The quantitative estimate of drug-likeness (QED) is 0.292. The maximum Gasteiger partial charge on any atom is 0.233 e. The van der Waals surface area contributed by atoms with Crippen LogP contribution in [0.2, 0.25) is 0 Å². The molecule has 0 saturated heterocycles. The predicted molar refractivity (Wildman–Crippen MR) is 72.4 cm³/mol. The lowest BCUT2D eigenvalue weighted by Crippen LogP contribution is -2.50. The van der Waals surface area contributed by atoms with Gasteiger partial charge in [0, 0.05) is 11.3 Å². The molecule has 0 spiro atoms. The average molecular weight is 261 g/mol. The van der Waals surface area contributed by atoms with E-state index in [-0.39, 0.29) is 16.5 Å². The van der Waals surface area contributed by atoms with Gasteiger partial charge in [-0.1, -0.05) is 12.1 Å².